The van der Waals surface area contributed by atoms with Crippen molar-refractivity contribution in [3.63, 3.8) is 0 Å². The molecule has 2 N–H and O–H groups in total. The van der Waals surface area contributed by atoms with E-state index in [4.69, 9.17) is 4.98 Å². The number of halogens is 1. The maximum atomic E-state index is 13.6. The number of imidazole rings is 1. The summed E-state index contributed by atoms with van der Waals surface area (Å²) in [5.41, 5.74) is 7.24. The maximum absolute atomic E-state index is 13.6. The predicted octanol–water partition coefficient (Wildman–Crippen LogP) is 5.74. The van der Waals surface area contributed by atoms with Crippen LogP contribution >= 0.6 is 11.3 Å². The number of nitrogens with one attached hydrogen (secondary N) is 2. The van der Waals surface area contributed by atoms with E-state index in [2.05, 4.69) is 44.2 Å². The molecular weight excluding hydrogens is 411 g/mol. The molecule has 0 amide bonds. The largest absolute Gasteiger partial charge is 0.335 e. The molecule has 0 saturated heterocycles. The Morgan fingerprint density at radius 3 is 2.68 bits per heavy atom. The first kappa shape index (κ1) is 17.9. The number of benzene rings is 1. The van der Waals surface area contributed by atoms with Crippen LogP contribution in [0.4, 0.5) is 4.39 Å². The quantitative estimate of drug-likeness (QED) is 0.378. The summed E-state index contributed by atoms with van der Waals surface area (Å²) in [4.78, 5) is 17.5. The van der Waals surface area contributed by atoms with Gasteiger partial charge in [0.15, 0.2) is 11.0 Å². The first-order valence-electron chi connectivity index (χ1n) is 9.66. The van der Waals surface area contributed by atoms with Gasteiger partial charge in [0, 0.05) is 40.0 Å². The molecule has 0 atom stereocenters. The van der Waals surface area contributed by atoms with Gasteiger partial charge in [0.1, 0.15) is 11.2 Å². The average molecular weight is 426 g/mol. The van der Waals surface area contributed by atoms with E-state index in [9.17, 15) is 4.39 Å². The van der Waals surface area contributed by atoms with Gasteiger partial charge in [0.2, 0.25) is 0 Å². The van der Waals surface area contributed by atoms with E-state index in [1.54, 1.807) is 24.7 Å². The van der Waals surface area contributed by atoms with Crippen LogP contribution in [0, 0.1) is 12.1 Å². The van der Waals surface area contributed by atoms with Crippen LogP contribution in [0.3, 0.4) is 0 Å². The third kappa shape index (κ3) is 2.91. The van der Waals surface area contributed by atoms with Crippen molar-refractivity contribution < 1.29 is 4.39 Å². The highest BCUT2D eigenvalue weighted by molar-refractivity contribution is 7.14. The Bertz CT molecular complexity index is 1580. The Morgan fingerprint density at radius 2 is 1.84 bits per heavy atom. The Balaban J connectivity index is 1.52. The van der Waals surface area contributed by atoms with Crippen molar-refractivity contribution in [2.45, 2.75) is 6.92 Å². The molecule has 5 aromatic heterocycles. The molecule has 6 rings (SSSR count). The van der Waals surface area contributed by atoms with Crippen LogP contribution in [0.5, 0.6) is 0 Å². The van der Waals surface area contributed by atoms with Crippen molar-refractivity contribution in [3.05, 3.63) is 71.9 Å². The summed E-state index contributed by atoms with van der Waals surface area (Å²) in [6.45, 7) is 2.07. The molecular formula is C23H15FN6S. The molecule has 0 unspecified atom stereocenters. The van der Waals surface area contributed by atoms with Crippen LogP contribution in [0.1, 0.15) is 5.56 Å². The number of H-pyrrole nitrogens is 2. The lowest BCUT2D eigenvalue weighted by molar-refractivity contribution is 0.657. The zero-order valence-electron chi connectivity index (χ0n) is 16.3. The summed E-state index contributed by atoms with van der Waals surface area (Å²) in [6, 6.07) is 11.4. The van der Waals surface area contributed by atoms with Crippen LogP contribution in [-0.2, 0) is 0 Å². The van der Waals surface area contributed by atoms with Crippen molar-refractivity contribution in [1.29, 1.82) is 0 Å². The number of hydrogen-bond acceptors (Lipinski definition) is 5. The lowest BCUT2D eigenvalue weighted by atomic mass is 10.0. The minimum atomic E-state index is -0.237. The smallest absolute Gasteiger partial charge is 0.176 e. The molecule has 0 radical (unpaired) electrons. The van der Waals surface area contributed by atoms with Crippen molar-refractivity contribution in [2.24, 2.45) is 0 Å². The fourth-order valence-electron chi connectivity index (χ4n) is 3.81. The van der Waals surface area contributed by atoms with E-state index in [1.165, 1.54) is 6.07 Å². The summed E-state index contributed by atoms with van der Waals surface area (Å²) >= 11 is 1.08. The maximum Gasteiger partial charge on any atom is 0.176 e. The number of fused-ring (bicyclic) bond motifs is 2. The van der Waals surface area contributed by atoms with Gasteiger partial charge in [-0.3, -0.25) is 15.1 Å². The van der Waals surface area contributed by atoms with Gasteiger partial charge in [0.05, 0.1) is 17.2 Å². The molecule has 0 aliphatic heterocycles. The number of nitrogens with zero attached hydrogens (tertiary/aromatic N) is 4. The first-order valence-corrected chi connectivity index (χ1v) is 10.5. The summed E-state index contributed by atoms with van der Waals surface area (Å²) in [5, 5.41) is 8.32. The third-order valence-corrected chi connectivity index (χ3v) is 6.28. The van der Waals surface area contributed by atoms with Crippen LogP contribution in [0.2, 0.25) is 0 Å². The average Bonchev–Trinajstić information content (AvgIpc) is 3.50. The Morgan fingerprint density at radius 1 is 0.935 bits per heavy atom. The van der Waals surface area contributed by atoms with E-state index >= 15 is 0 Å². The molecule has 0 spiro atoms. The second-order valence-electron chi connectivity index (χ2n) is 7.30. The number of pyridine rings is 2. The molecule has 0 saturated carbocycles. The molecule has 5 heterocycles. The first-order chi connectivity index (χ1) is 15.2. The van der Waals surface area contributed by atoms with Gasteiger partial charge in [-0.15, -0.1) is 11.3 Å². The fourth-order valence-corrected chi connectivity index (χ4v) is 4.55. The van der Waals surface area contributed by atoms with E-state index in [0.29, 0.717) is 5.82 Å². The minimum Gasteiger partial charge on any atom is -0.335 e. The SMILES string of the molecule is Cc1ccncc1-c1ccc2[nH]nc(-c3nc4c(-c5ccc(F)s5)cncc4[nH]3)c2c1. The molecule has 0 fully saturated rings. The number of aromatic amines is 2. The van der Waals surface area contributed by atoms with E-state index in [0.717, 1.165) is 66.1 Å². The van der Waals surface area contributed by atoms with Crippen molar-refractivity contribution in [2.75, 3.05) is 0 Å². The highest BCUT2D eigenvalue weighted by Crippen LogP contribution is 2.35. The molecule has 0 aliphatic rings. The van der Waals surface area contributed by atoms with E-state index in [1.807, 2.05) is 18.3 Å². The standard InChI is InChI=1S/C23H15FN6S/c1-12-6-7-25-9-15(12)13-2-3-17-14(8-13)22(30-29-17)23-27-18-11-26-10-16(21(18)28-23)19-4-5-20(24)31-19/h2-11H,1H3,(H,27,28)(H,29,30). The highest BCUT2D eigenvalue weighted by Gasteiger charge is 2.17. The Labute approximate surface area is 179 Å². The number of aryl methyl sites for hydroxylation is 1. The van der Waals surface area contributed by atoms with Gasteiger partial charge >= 0.3 is 0 Å². The predicted molar refractivity (Wildman–Crippen MR) is 120 cm³/mol. The minimum absolute atomic E-state index is 0.237. The molecule has 31 heavy (non-hydrogen) atoms. The lowest BCUT2D eigenvalue weighted by Crippen LogP contribution is -1.85. The summed E-state index contributed by atoms with van der Waals surface area (Å²) in [6.07, 6.45) is 7.10. The monoisotopic (exact) mass is 426 g/mol. The van der Waals surface area contributed by atoms with Crippen LogP contribution in [0.15, 0.2) is 61.2 Å². The van der Waals surface area contributed by atoms with Gasteiger partial charge in [-0.2, -0.15) is 9.49 Å². The fraction of sp³-hybridized carbons (Fsp3) is 0.0435. The van der Waals surface area contributed by atoms with Crippen molar-refractivity contribution >= 4 is 33.3 Å². The molecule has 0 bridgehead atoms. The molecule has 6 aromatic rings. The zero-order valence-corrected chi connectivity index (χ0v) is 17.2. The lowest BCUT2D eigenvalue weighted by Gasteiger charge is -2.05. The summed E-state index contributed by atoms with van der Waals surface area (Å²) < 4.78 is 13.6. The van der Waals surface area contributed by atoms with Gasteiger partial charge in [-0.05, 0) is 48.4 Å². The molecule has 1 aromatic carbocycles. The van der Waals surface area contributed by atoms with Crippen LogP contribution in [0.25, 0.3) is 55.0 Å². The third-order valence-electron chi connectivity index (χ3n) is 5.37. The zero-order chi connectivity index (χ0) is 20.9. The van der Waals surface area contributed by atoms with Gasteiger partial charge in [-0.25, -0.2) is 4.98 Å². The van der Waals surface area contributed by atoms with Gasteiger partial charge in [0.25, 0.3) is 0 Å². The number of rotatable bonds is 3. The van der Waals surface area contributed by atoms with Crippen LogP contribution < -0.4 is 0 Å². The molecule has 0 aliphatic carbocycles. The van der Waals surface area contributed by atoms with Crippen LogP contribution in [-0.4, -0.2) is 30.1 Å². The second kappa shape index (κ2) is 6.82. The van der Waals surface area contributed by atoms with Gasteiger partial charge < -0.3 is 4.98 Å². The topological polar surface area (TPSA) is 83.1 Å². The Hall–Kier alpha value is -3.91. The number of thiophene rings is 1. The highest BCUT2D eigenvalue weighted by atomic mass is 32.1. The molecule has 8 heteroatoms. The molecule has 6 nitrogen and oxygen atoms in total. The summed E-state index contributed by atoms with van der Waals surface area (Å²) in [7, 11) is 0. The normalized spacial score (nSPS) is 11.5. The second-order valence-corrected chi connectivity index (χ2v) is 8.33. The number of hydrogen-bond donors (Lipinski definition) is 2. The van der Waals surface area contributed by atoms with Gasteiger partial charge in [-0.1, -0.05) is 6.07 Å². The Kier molecular flexibility index (Phi) is 3.94. The molecule has 150 valence electrons. The van der Waals surface area contributed by atoms with E-state index in [-0.39, 0.29) is 5.13 Å². The van der Waals surface area contributed by atoms with Crippen molar-refractivity contribution in [3.8, 4) is 33.1 Å². The number of aromatic nitrogens is 6. The van der Waals surface area contributed by atoms with Crippen molar-refractivity contribution in [1.82, 2.24) is 30.1 Å². The van der Waals surface area contributed by atoms with E-state index < -0.39 is 0 Å². The summed E-state index contributed by atoms with van der Waals surface area (Å²) in [5.74, 6) is 0.632.